The minimum atomic E-state index is 0.866. The quantitative estimate of drug-likeness (QED) is 0.633. The van der Waals surface area contributed by atoms with Crippen molar-refractivity contribution in [2.24, 2.45) is 11.8 Å². The summed E-state index contributed by atoms with van der Waals surface area (Å²) in [6.45, 7) is 4.76. The summed E-state index contributed by atoms with van der Waals surface area (Å²) < 4.78 is 0. The van der Waals surface area contributed by atoms with Crippen LogP contribution in [-0.2, 0) is 0 Å². The van der Waals surface area contributed by atoms with E-state index >= 15 is 0 Å². The number of hydrogen-bond donors (Lipinski definition) is 1. The molecule has 2 bridgehead atoms. The highest BCUT2D eigenvalue weighted by molar-refractivity contribution is 4.89. The first kappa shape index (κ1) is 8.55. The van der Waals surface area contributed by atoms with Crippen molar-refractivity contribution in [2.45, 2.75) is 58.0 Å². The number of rotatable bonds is 1. The Kier molecular flexibility index (Phi) is 2.40. The predicted octanol–water partition coefficient (Wildman–Crippen LogP) is 2.56. The Morgan fingerprint density at radius 3 is 2.17 bits per heavy atom. The highest BCUT2D eigenvalue weighted by Gasteiger charge is 2.31. The van der Waals surface area contributed by atoms with Crippen LogP contribution in [0.1, 0.15) is 46.0 Å². The van der Waals surface area contributed by atoms with E-state index in [2.05, 4.69) is 19.2 Å². The number of hydrogen-bond acceptors (Lipinski definition) is 1. The summed E-state index contributed by atoms with van der Waals surface area (Å²) in [7, 11) is 0. The van der Waals surface area contributed by atoms with Gasteiger partial charge in [-0.2, -0.15) is 0 Å². The first-order valence-corrected chi connectivity index (χ1v) is 5.51. The summed E-state index contributed by atoms with van der Waals surface area (Å²) in [6, 6.07) is 1.73. The molecule has 0 saturated carbocycles. The Hall–Kier alpha value is -0.0400. The predicted molar refractivity (Wildman–Crippen MR) is 52.1 cm³/mol. The van der Waals surface area contributed by atoms with Gasteiger partial charge >= 0.3 is 0 Å². The van der Waals surface area contributed by atoms with Gasteiger partial charge in [0.2, 0.25) is 0 Å². The lowest BCUT2D eigenvalue weighted by molar-refractivity contribution is 0.154. The molecule has 12 heavy (non-hydrogen) atoms. The summed E-state index contributed by atoms with van der Waals surface area (Å²) >= 11 is 0. The van der Waals surface area contributed by atoms with Gasteiger partial charge in [-0.25, -0.2) is 0 Å². The average Bonchev–Trinajstić information content (AvgIpc) is 2.03. The molecular weight excluding hydrogens is 146 g/mol. The van der Waals surface area contributed by atoms with Crippen molar-refractivity contribution in [1.29, 1.82) is 0 Å². The lowest BCUT2D eigenvalue weighted by Gasteiger charge is -2.41. The van der Waals surface area contributed by atoms with Gasteiger partial charge in [0.25, 0.3) is 0 Å². The second kappa shape index (κ2) is 3.37. The Morgan fingerprint density at radius 1 is 1.08 bits per heavy atom. The topological polar surface area (TPSA) is 12.0 Å². The first-order valence-electron chi connectivity index (χ1n) is 5.51. The van der Waals surface area contributed by atoms with E-state index in [9.17, 15) is 0 Å². The summed E-state index contributed by atoms with van der Waals surface area (Å²) in [6.07, 6.45) is 7.20. The summed E-state index contributed by atoms with van der Waals surface area (Å²) in [5.74, 6) is 1.90. The van der Waals surface area contributed by atoms with Crippen molar-refractivity contribution in [1.82, 2.24) is 5.32 Å². The molecule has 0 aromatic rings. The highest BCUT2D eigenvalue weighted by Crippen LogP contribution is 2.33. The van der Waals surface area contributed by atoms with Crippen LogP contribution in [0.15, 0.2) is 0 Å². The Balaban J connectivity index is 1.96. The lowest BCUT2D eigenvalue weighted by Crippen LogP contribution is -2.49. The van der Waals surface area contributed by atoms with Crippen molar-refractivity contribution in [2.75, 3.05) is 0 Å². The molecule has 2 aliphatic heterocycles. The fourth-order valence-electron chi connectivity index (χ4n) is 2.85. The molecule has 1 heteroatoms. The van der Waals surface area contributed by atoms with Crippen LogP contribution >= 0.6 is 0 Å². The standard InChI is InChI=1S/C11H21N/c1-8(2)9-6-10-4-3-5-11(7-9)12-10/h8-12H,3-7H2,1-2H3/t9-,10+,11?/m0/s1. The zero-order chi connectivity index (χ0) is 8.55. The fourth-order valence-corrected chi connectivity index (χ4v) is 2.85. The summed E-state index contributed by atoms with van der Waals surface area (Å²) in [5.41, 5.74) is 0. The van der Waals surface area contributed by atoms with Crippen molar-refractivity contribution in [3.8, 4) is 0 Å². The maximum absolute atomic E-state index is 3.74. The second-order valence-electron chi connectivity index (χ2n) is 4.97. The SMILES string of the molecule is CC(C)[C@@H]1CC2CCC[C@H](C1)N2. The molecule has 2 saturated heterocycles. The molecule has 2 fully saturated rings. The Bertz CT molecular complexity index is 141. The minimum absolute atomic E-state index is 0.866. The van der Waals surface area contributed by atoms with Crippen LogP contribution in [0.25, 0.3) is 0 Å². The molecule has 0 aromatic carbocycles. The third-order valence-corrected chi connectivity index (χ3v) is 3.69. The van der Waals surface area contributed by atoms with Crippen LogP contribution in [0, 0.1) is 11.8 Å². The molecule has 0 amide bonds. The van der Waals surface area contributed by atoms with Crippen LogP contribution in [0.2, 0.25) is 0 Å². The smallest absolute Gasteiger partial charge is 0.00724 e. The third kappa shape index (κ3) is 1.66. The molecule has 3 atom stereocenters. The van der Waals surface area contributed by atoms with Crippen molar-refractivity contribution < 1.29 is 0 Å². The number of piperidine rings is 2. The summed E-state index contributed by atoms with van der Waals surface area (Å²) in [4.78, 5) is 0. The van der Waals surface area contributed by atoms with E-state index in [1.807, 2.05) is 0 Å². The minimum Gasteiger partial charge on any atom is -0.311 e. The molecule has 0 spiro atoms. The molecule has 1 nitrogen and oxygen atoms in total. The Labute approximate surface area is 75.9 Å². The van der Waals surface area contributed by atoms with E-state index in [1.165, 1.54) is 32.1 Å². The monoisotopic (exact) mass is 167 g/mol. The van der Waals surface area contributed by atoms with E-state index in [0.717, 1.165) is 23.9 Å². The van der Waals surface area contributed by atoms with E-state index in [4.69, 9.17) is 0 Å². The molecular formula is C11H21N. The van der Waals surface area contributed by atoms with Crippen LogP contribution in [-0.4, -0.2) is 12.1 Å². The van der Waals surface area contributed by atoms with E-state index < -0.39 is 0 Å². The van der Waals surface area contributed by atoms with Crippen molar-refractivity contribution in [3.63, 3.8) is 0 Å². The number of fused-ring (bicyclic) bond motifs is 2. The van der Waals surface area contributed by atoms with Crippen LogP contribution < -0.4 is 5.32 Å². The van der Waals surface area contributed by atoms with Gasteiger partial charge in [-0.15, -0.1) is 0 Å². The zero-order valence-corrected chi connectivity index (χ0v) is 8.34. The molecule has 2 aliphatic rings. The third-order valence-electron chi connectivity index (χ3n) is 3.69. The normalized spacial score (nSPS) is 41.8. The fraction of sp³-hybridized carbons (Fsp3) is 1.00. The Morgan fingerprint density at radius 2 is 1.67 bits per heavy atom. The molecule has 2 heterocycles. The van der Waals surface area contributed by atoms with Gasteiger partial charge in [0.05, 0.1) is 0 Å². The molecule has 1 N–H and O–H groups in total. The van der Waals surface area contributed by atoms with E-state index in [0.29, 0.717) is 0 Å². The van der Waals surface area contributed by atoms with E-state index in [1.54, 1.807) is 0 Å². The highest BCUT2D eigenvalue weighted by atomic mass is 15.0. The van der Waals surface area contributed by atoms with Crippen LogP contribution in [0.3, 0.4) is 0 Å². The van der Waals surface area contributed by atoms with Gasteiger partial charge in [-0.3, -0.25) is 0 Å². The largest absolute Gasteiger partial charge is 0.311 e. The molecule has 2 rings (SSSR count). The summed E-state index contributed by atoms with van der Waals surface area (Å²) in [5, 5.41) is 3.74. The first-order chi connectivity index (χ1) is 5.75. The lowest BCUT2D eigenvalue weighted by atomic mass is 9.76. The molecule has 0 aliphatic carbocycles. The van der Waals surface area contributed by atoms with E-state index in [-0.39, 0.29) is 0 Å². The zero-order valence-electron chi connectivity index (χ0n) is 8.34. The van der Waals surface area contributed by atoms with Crippen molar-refractivity contribution >= 4 is 0 Å². The maximum Gasteiger partial charge on any atom is 0.00724 e. The van der Waals surface area contributed by atoms with Crippen LogP contribution in [0.5, 0.6) is 0 Å². The molecule has 1 unspecified atom stereocenters. The molecule has 70 valence electrons. The van der Waals surface area contributed by atoms with Gasteiger partial charge < -0.3 is 5.32 Å². The van der Waals surface area contributed by atoms with Gasteiger partial charge in [0.1, 0.15) is 0 Å². The van der Waals surface area contributed by atoms with Gasteiger partial charge in [-0.05, 0) is 37.5 Å². The van der Waals surface area contributed by atoms with Crippen LogP contribution in [0.4, 0.5) is 0 Å². The maximum atomic E-state index is 3.74. The van der Waals surface area contributed by atoms with Gasteiger partial charge in [0.15, 0.2) is 0 Å². The number of nitrogens with one attached hydrogen (secondary N) is 1. The van der Waals surface area contributed by atoms with Gasteiger partial charge in [0, 0.05) is 12.1 Å². The van der Waals surface area contributed by atoms with Gasteiger partial charge in [-0.1, -0.05) is 20.3 Å². The second-order valence-corrected chi connectivity index (χ2v) is 4.97. The molecule has 0 radical (unpaired) electrons. The molecule has 0 aromatic heterocycles. The van der Waals surface area contributed by atoms with Crippen molar-refractivity contribution in [3.05, 3.63) is 0 Å². The average molecular weight is 167 g/mol.